The molecule has 7 heteroatoms. The Morgan fingerprint density at radius 1 is 1.12 bits per heavy atom. The maximum absolute atomic E-state index is 5.92. The Morgan fingerprint density at radius 3 is 2.65 bits per heavy atom. The molecule has 0 N–H and O–H groups in total. The van der Waals surface area contributed by atoms with Gasteiger partial charge in [0.1, 0.15) is 5.01 Å². The Bertz CT molecular complexity index is 994. The van der Waals surface area contributed by atoms with Gasteiger partial charge in [0.05, 0.1) is 22.8 Å². The largest absolute Gasteiger partial charge is 0.419 e. The minimum atomic E-state index is 0.151. The van der Waals surface area contributed by atoms with E-state index in [0.717, 1.165) is 16.1 Å². The fourth-order valence-electron chi connectivity index (χ4n) is 2.63. The molecule has 0 saturated heterocycles. The van der Waals surface area contributed by atoms with Crippen LogP contribution >= 0.6 is 22.9 Å². The zero-order valence-corrected chi connectivity index (χ0v) is 16.0. The molecular formula is C19H17ClN4OS. The summed E-state index contributed by atoms with van der Waals surface area (Å²) in [7, 11) is 2.03. The molecule has 0 unspecified atom stereocenters. The van der Waals surface area contributed by atoms with Gasteiger partial charge < -0.3 is 4.42 Å². The van der Waals surface area contributed by atoms with Gasteiger partial charge in [-0.25, -0.2) is 4.98 Å². The lowest BCUT2D eigenvalue weighted by molar-refractivity contribution is 0.228. The molecule has 26 heavy (non-hydrogen) atoms. The second-order valence-electron chi connectivity index (χ2n) is 6.12. The highest BCUT2D eigenvalue weighted by atomic mass is 35.5. The molecule has 0 aliphatic rings. The molecule has 2 aromatic heterocycles. The van der Waals surface area contributed by atoms with E-state index in [2.05, 4.69) is 28.1 Å². The number of nitrogens with zero attached hydrogens (tertiary/aromatic N) is 4. The highest BCUT2D eigenvalue weighted by molar-refractivity contribution is 7.18. The van der Waals surface area contributed by atoms with Gasteiger partial charge in [-0.05, 0) is 50.4 Å². The van der Waals surface area contributed by atoms with Gasteiger partial charge in [0.15, 0.2) is 0 Å². The zero-order chi connectivity index (χ0) is 18.1. The Morgan fingerprint density at radius 2 is 1.88 bits per heavy atom. The van der Waals surface area contributed by atoms with Crippen molar-refractivity contribution in [3.05, 3.63) is 64.5 Å². The minimum Gasteiger partial charge on any atom is -0.419 e. The minimum absolute atomic E-state index is 0.151. The lowest BCUT2D eigenvalue weighted by atomic mass is 10.2. The van der Waals surface area contributed by atoms with E-state index < -0.39 is 0 Å². The van der Waals surface area contributed by atoms with E-state index in [9.17, 15) is 0 Å². The van der Waals surface area contributed by atoms with Crippen LogP contribution in [0.25, 0.3) is 21.7 Å². The summed E-state index contributed by atoms with van der Waals surface area (Å²) in [5, 5.41) is 10.1. The van der Waals surface area contributed by atoms with E-state index in [0.29, 0.717) is 23.3 Å². The maximum Gasteiger partial charge on any atom is 0.247 e. The van der Waals surface area contributed by atoms with Crippen LogP contribution in [0.2, 0.25) is 5.02 Å². The van der Waals surface area contributed by atoms with Gasteiger partial charge in [-0.3, -0.25) is 4.90 Å². The first-order valence-corrected chi connectivity index (χ1v) is 9.43. The van der Waals surface area contributed by atoms with E-state index in [1.807, 2.05) is 49.5 Å². The maximum atomic E-state index is 5.92. The fourth-order valence-corrected chi connectivity index (χ4v) is 3.84. The molecule has 4 rings (SSSR count). The first-order valence-electron chi connectivity index (χ1n) is 8.24. The molecule has 0 amide bonds. The van der Waals surface area contributed by atoms with E-state index in [-0.39, 0.29) is 6.04 Å². The molecule has 4 aromatic rings. The number of hydrogen-bond donors (Lipinski definition) is 0. The van der Waals surface area contributed by atoms with Crippen LogP contribution < -0.4 is 0 Å². The Balaban J connectivity index is 1.49. The molecule has 0 aliphatic heterocycles. The lowest BCUT2D eigenvalue weighted by Gasteiger charge is -2.20. The predicted octanol–water partition coefficient (Wildman–Crippen LogP) is 5.19. The third-order valence-electron chi connectivity index (χ3n) is 4.27. The SMILES string of the molecule is C[C@@H](c1nc2ccccc2s1)N(C)Cc1nnc(-c2ccc(Cl)cc2)o1. The van der Waals surface area contributed by atoms with Crippen molar-refractivity contribution >= 4 is 33.2 Å². The quantitative estimate of drug-likeness (QED) is 0.473. The summed E-state index contributed by atoms with van der Waals surface area (Å²) < 4.78 is 7.00. The number of halogens is 1. The van der Waals surface area contributed by atoms with Crippen molar-refractivity contribution in [1.29, 1.82) is 0 Å². The topological polar surface area (TPSA) is 55.1 Å². The number of benzene rings is 2. The van der Waals surface area contributed by atoms with Crippen molar-refractivity contribution < 1.29 is 4.42 Å². The molecule has 0 radical (unpaired) electrons. The number of thiazole rings is 1. The molecule has 1 atom stereocenters. The molecule has 2 heterocycles. The molecule has 132 valence electrons. The van der Waals surface area contributed by atoms with Crippen LogP contribution in [-0.2, 0) is 6.54 Å². The lowest BCUT2D eigenvalue weighted by Crippen LogP contribution is -2.22. The third-order valence-corrected chi connectivity index (χ3v) is 5.73. The summed E-state index contributed by atoms with van der Waals surface area (Å²) in [6, 6.07) is 15.7. The van der Waals surface area contributed by atoms with Crippen LogP contribution in [0.1, 0.15) is 23.9 Å². The van der Waals surface area contributed by atoms with Crippen molar-refractivity contribution in [3.8, 4) is 11.5 Å². The van der Waals surface area contributed by atoms with Gasteiger partial charge in [0.25, 0.3) is 0 Å². The Labute approximate surface area is 160 Å². The van der Waals surface area contributed by atoms with Gasteiger partial charge in [-0.15, -0.1) is 21.5 Å². The van der Waals surface area contributed by atoms with Gasteiger partial charge in [-0.2, -0.15) is 0 Å². The standard InChI is InChI=1S/C19H17ClN4OS/c1-12(19-21-15-5-3-4-6-16(15)26-19)24(2)11-17-22-23-18(25-17)13-7-9-14(20)10-8-13/h3-10,12H,11H2,1-2H3/t12-/m0/s1. The number of aromatic nitrogens is 3. The average Bonchev–Trinajstić information content (AvgIpc) is 3.28. The first kappa shape index (κ1) is 17.1. The van der Waals surface area contributed by atoms with Gasteiger partial charge in [-0.1, -0.05) is 23.7 Å². The van der Waals surface area contributed by atoms with Crippen molar-refractivity contribution in [2.75, 3.05) is 7.05 Å². The summed E-state index contributed by atoms with van der Waals surface area (Å²) in [5.74, 6) is 1.07. The number of rotatable bonds is 5. The van der Waals surface area contributed by atoms with Crippen molar-refractivity contribution in [1.82, 2.24) is 20.1 Å². The molecule has 2 aromatic carbocycles. The van der Waals surface area contributed by atoms with Crippen LogP contribution in [0, 0.1) is 0 Å². The molecular weight excluding hydrogens is 368 g/mol. The van der Waals surface area contributed by atoms with Crippen molar-refractivity contribution in [2.24, 2.45) is 0 Å². The summed E-state index contributed by atoms with van der Waals surface area (Å²) >= 11 is 7.63. The van der Waals surface area contributed by atoms with E-state index in [1.165, 1.54) is 4.70 Å². The molecule has 0 bridgehead atoms. The van der Waals surface area contributed by atoms with Crippen molar-refractivity contribution in [2.45, 2.75) is 19.5 Å². The molecule has 0 aliphatic carbocycles. The van der Waals surface area contributed by atoms with E-state index in [1.54, 1.807) is 11.3 Å². The number of fused-ring (bicyclic) bond motifs is 1. The zero-order valence-electron chi connectivity index (χ0n) is 14.4. The van der Waals surface area contributed by atoms with E-state index >= 15 is 0 Å². The Kier molecular flexibility index (Phi) is 4.72. The number of para-hydroxylation sites is 1. The summed E-state index contributed by atoms with van der Waals surface area (Å²) in [4.78, 5) is 6.88. The highest BCUT2D eigenvalue weighted by Gasteiger charge is 2.19. The molecule has 0 spiro atoms. The third kappa shape index (κ3) is 3.49. The smallest absolute Gasteiger partial charge is 0.247 e. The second-order valence-corrected chi connectivity index (χ2v) is 7.62. The van der Waals surface area contributed by atoms with E-state index in [4.69, 9.17) is 21.0 Å². The van der Waals surface area contributed by atoms with Crippen LogP contribution in [0.4, 0.5) is 0 Å². The van der Waals surface area contributed by atoms with Crippen molar-refractivity contribution in [3.63, 3.8) is 0 Å². The summed E-state index contributed by atoms with van der Waals surface area (Å²) in [6.45, 7) is 2.69. The molecule has 5 nitrogen and oxygen atoms in total. The fraction of sp³-hybridized carbons (Fsp3) is 0.211. The highest BCUT2D eigenvalue weighted by Crippen LogP contribution is 2.29. The van der Waals surface area contributed by atoms with Crippen LogP contribution in [-0.4, -0.2) is 27.1 Å². The monoisotopic (exact) mass is 384 g/mol. The van der Waals surface area contributed by atoms with Crippen LogP contribution in [0.15, 0.2) is 52.9 Å². The normalized spacial score (nSPS) is 12.8. The summed E-state index contributed by atoms with van der Waals surface area (Å²) in [5.41, 5.74) is 1.89. The average molecular weight is 385 g/mol. The van der Waals surface area contributed by atoms with Gasteiger partial charge >= 0.3 is 0 Å². The van der Waals surface area contributed by atoms with Crippen LogP contribution in [0.3, 0.4) is 0 Å². The Hall–Kier alpha value is -2.28. The van der Waals surface area contributed by atoms with Gasteiger partial charge in [0, 0.05) is 10.6 Å². The second kappa shape index (κ2) is 7.15. The number of hydrogen-bond acceptors (Lipinski definition) is 6. The van der Waals surface area contributed by atoms with Crippen LogP contribution in [0.5, 0.6) is 0 Å². The predicted molar refractivity (Wildman–Crippen MR) is 104 cm³/mol. The molecule has 0 saturated carbocycles. The first-order chi connectivity index (χ1) is 12.6. The van der Waals surface area contributed by atoms with Gasteiger partial charge in [0.2, 0.25) is 11.8 Å². The molecule has 0 fully saturated rings. The summed E-state index contributed by atoms with van der Waals surface area (Å²) in [6.07, 6.45) is 0.